The van der Waals surface area contributed by atoms with Gasteiger partial charge >= 0.3 is 6.03 Å². The predicted molar refractivity (Wildman–Crippen MR) is 135 cm³/mol. The number of benzene rings is 3. The average molecular weight is 470 g/mol. The van der Waals surface area contributed by atoms with E-state index < -0.39 is 0 Å². The highest BCUT2D eigenvalue weighted by Crippen LogP contribution is 2.34. The summed E-state index contributed by atoms with van der Waals surface area (Å²) in [6, 6.07) is 26.8. The van der Waals surface area contributed by atoms with Crippen LogP contribution in [0.1, 0.15) is 24.1 Å². The van der Waals surface area contributed by atoms with Gasteiger partial charge < -0.3 is 14.5 Å². The number of nitrogens with one attached hydrogen (secondary N) is 2. The first-order valence-electron chi connectivity index (χ1n) is 11.0. The fourth-order valence-electron chi connectivity index (χ4n) is 3.79. The van der Waals surface area contributed by atoms with Crippen molar-refractivity contribution in [3.8, 4) is 17.2 Å². The molecule has 0 saturated carbocycles. The minimum atomic E-state index is -0.332. The molecule has 0 fully saturated rings. The van der Waals surface area contributed by atoms with Crippen molar-refractivity contribution in [1.29, 1.82) is 0 Å². The van der Waals surface area contributed by atoms with Gasteiger partial charge in [-0.3, -0.25) is 5.32 Å². The van der Waals surface area contributed by atoms with Crippen molar-refractivity contribution in [3.63, 3.8) is 0 Å². The lowest BCUT2D eigenvalue weighted by Gasteiger charge is -2.19. The lowest BCUT2D eigenvalue weighted by atomic mass is 9.99. The number of carbonyl (C=O) groups excluding carboxylic acids is 1. The third kappa shape index (κ3) is 4.65. The van der Waals surface area contributed by atoms with Crippen molar-refractivity contribution < 1.29 is 13.9 Å². The van der Waals surface area contributed by atoms with Gasteiger partial charge in [-0.2, -0.15) is 0 Å². The minimum absolute atomic E-state index is 0.283. The second-order valence-electron chi connectivity index (χ2n) is 7.61. The summed E-state index contributed by atoms with van der Waals surface area (Å²) in [7, 11) is 0. The third-order valence-corrected chi connectivity index (χ3v) is 6.08. The highest BCUT2D eigenvalue weighted by molar-refractivity contribution is 7.14. The maximum atomic E-state index is 12.9. The smallest absolute Gasteiger partial charge is 0.321 e. The number of carbonyl (C=O) groups is 1. The van der Waals surface area contributed by atoms with Crippen molar-refractivity contribution >= 4 is 33.5 Å². The zero-order chi connectivity index (χ0) is 23.3. The monoisotopic (exact) mass is 469 g/mol. The number of para-hydroxylation sites is 1. The van der Waals surface area contributed by atoms with Crippen molar-refractivity contribution in [2.24, 2.45) is 0 Å². The van der Waals surface area contributed by atoms with Crippen LogP contribution in [0.15, 0.2) is 94.7 Å². The van der Waals surface area contributed by atoms with Crippen molar-refractivity contribution in [2.45, 2.75) is 13.0 Å². The number of ether oxygens (including phenoxy) is 1. The van der Waals surface area contributed by atoms with E-state index in [1.54, 1.807) is 0 Å². The molecule has 0 bridgehead atoms. The topological polar surface area (TPSA) is 76.4 Å². The summed E-state index contributed by atoms with van der Waals surface area (Å²) >= 11 is 1.34. The Balaban J connectivity index is 1.34. The van der Waals surface area contributed by atoms with Crippen LogP contribution >= 0.6 is 11.3 Å². The Morgan fingerprint density at radius 1 is 1.00 bits per heavy atom. The number of hydrogen-bond acceptors (Lipinski definition) is 5. The molecule has 0 saturated heterocycles. The Labute approximate surface area is 201 Å². The molecule has 2 amide bonds. The van der Waals surface area contributed by atoms with Gasteiger partial charge in [0.15, 0.2) is 22.2 Å². The summed E-state index contributed by atoms with van der Waals surface area (Å²) < 4.78 is 11.7. The maximum Gasteiger partial charge on any atom is 0.321 e. The molecule has 0 aliphatic rings. The quantitative estimate of drug-likeness (QED) is 0.273. The van der Waals surface area contributed by atoms with Crippen molar-refractivity contribution in [1.82, 2.24) is 10.3 Å². The fourth-order valence-corrected chi connectivity index (χ4v) is 4.49. The summed E-state index contributed by atoms with van der Waals surface area (Å²) in [5.74, 6) is 1.32. The van der Waals surface area contributed by atoms with Gasteiger partial charge in [0.25, 0.3) is 0 Å². The molecule has 3 aromatic carbocycles. The highest BCUT2D eigenvalue weighted by Gasteiger charge is 2.18. The molecule has 5 aromatic rings. The van der Waals surface area contributed by atoms with E-state index in [1.165, 1.54) is 11.3 Å². The van der Waals surface area contributed by atoms with Crippen LogP contribution < -0.4 is 15.4 Å². The maximum absolute atomic E-state index is 12.9. The van der Waals surface area contributed by atoms with Gasteiger partial charge in [-0.25, -0.2) is 9.78 Å². The average Bonchev–Trinajstić information content (AvgIpc) is 3.51. The summed E-state index contributed by atoms with van der Waals surface area (Å²) in [6.07, 6.45) is 0. The number of nitrogens with zero attached hydrogens (tertiary/aromatic N) is 1. The van der Waals surface area contributed by atoms with E-state index in [0.29, 0.717) is 34.5 Å². The molecule has 2 aromatic heterocycles. The van der Waals surface area contributed by atoms with E-state index in [1.807, 2.05) is 97.2 Å². The molecule has 170 valence electrons. The lowest BCUT2D eigenvalue weighted by Crippen LogP contribution is -2.33. The molecule has 0 aliphatic heterocycles. The Bertz CT molecular complexity index is 1360. The van der Waals surface area contributed by atoms with E-state index in [-0.39, 0.29) is 12.1 Å². The van der Waals surface area contributed by atoms with Crippen LogP contribution in [0.4, 0.5) is 9.93 Å². The van der Waals surface area contributed by atoms with E-state index in [0.717, 1.165) is 16.5 Å². The first-order chi connectivity index (χ1) is 16.7. The molecule has 0 spiro atoms. The number of rotatable bonds is 7. The van der Waals surface area contributed by atoms with E-state index in [2.05, 4.69) is 15.6 Å². The molecular formula is C27H23N3O3S. The number of aromatic nitrogens is 1. The summed E-state index contributed by atoms with van der Waals surface area (Å²) in [4.78, 5) is 17.4. The number of urea groups is 1. The van der Waals surface area contributed by atoms with Crippen LogP contribution in [-0.4, -0.2) is 17.6 Å². The Kier molecular flexibility index (Phi) is 6.27. The molecule has 0 unspecified atom stereocenters. The van der Waals surface area contributed by atoms with Crippen LogP contribution in [0.2, 0.25) is 0 Å². The number of thiazole rings is 1. The first kappa shape index (κ1) is 21.7. The number of hydrogen-bond donors (Lipinski definition) is 2. The van der Waals surface area contributed by atoms with Crippen LogP contribution in [0.25, 0.3) is 22.4 Å². The van der Waals surface area contributed by atoms with E-state index in [4.69, 9.17) is 9.15 Å². The molecule has 5 rings (SSSR count). The standard InChI is InChI=1S/C27H23N3O3S/c1-2-32-22-15-9-14-20-16-23(33-25(20)22)21-17-34-27(28-21)30-26(31)29-24(18-10-5-3-6-11-18)19-12-7-4-8-13-19/h3-17,24H,2H2,1H3,(H2,28,29,30,31). The molecule has 0 atom stereocenters. The van der Waals surface area contributed by atoms with Gasteiger partial charge in [-0.15, -0.1) is 11.3 Å². The van der Waals surface area contributed by atoms with Crippen LogP contribution in [0.5, 0.6) is 5.75 Å². The number of fused-ring (bicyclic) bond motifs is 1. The zero-order valence-corrected chi connectivity index (χ0v) is 19.3. The van der Waals surface area contributed by atoms with E-state index >= 15 is 0 Å². The largest absolute Gasteiger partial charge is 0.490 e. The van der Waals surface area contributed by atoms with Gasteiger partial charge in [0, 0.05) is 10.8 Å². The minimum Gasteiger partial charge on any atom is -0.490 e. The predicted octanol–water partition coefficient (Wildman–Crippen LogP) is 6.87. The van der Waals surface area contributed by atoms with Gasteiger partial charge in [0.2, 0.25) is 0 Å². The van der Waals surface area contributed by atoms with Crippen LogP contribution in [-0.2, 0) is 0 Å². The van der Waals surface area contributed by atoms with Crippen LogP contribution in [0.3, 0.4) is 0 Å². The summed E-state index contributed by atoms with van der Waals surface area (Å²) in [5.41, 5.74) is 3.34. The first-order valence-corrected chi connectivity index (χ1v) is 11.9. The fraction of sp³-hybridized carbons (Fsp3) is 0.111. The highest BCUT2D eigenvalue weighted by atomic mass is 32.1. The van der Waals surface area contributed by atoms with Gasteiger partial charge in [-0.1, -0.05) is 72.8 Å². The van der Waals surface area contributed by atoms with Crippen molar-refractivity contribution in [3.05, 3.63) is 101 Å². The molecule has 2 N–H and O–H groups in total. The molecule has 7 heteroatoms. The zero-order valence-electron chi connectivity index (χ0n) is 18.5. The molecule has 2 heterocycles. The summed E-state index contributed by atoms with van der Waals surface area (Å²) in [6.45, 7) is 2.49. The molecule has 0 aliphatic carbocycles. The van der Waals surface area contributed by atoms with E-state index in [9.17, 15) is 4.79 Å². The molecular weight excluding hydrogens is 446 g/mol. The normalized spacial score (nSPS) is 11.0. The number of furan rings is 1. The molecule has 0 radical (unpaired) electrons. The van der Waals surface area contributed by atoms with Crippen LogP contribution in [0, 0.1) is 0 Å². The Morgan fingerprint density at radius 3 is 2.38 bits per heavy atom. The van der Waals surface area contributed by atoms with Gasteiger partial charge in [-0.05, 0) is 30.2 Å². The second kappa shape index (κ2) is 9.80. The third-order valence-electron chi connectivity index (χ3n) is 5.33. The number of anilines is 1. The van der Waals surface area contributed by atoms with Crippen molar-refractivity contribution in [2.75, 3.05) is 11.9 Å². The SMILES string of the molecule is CCOc1cccc2cc(-c3csc(NC(=O)NC(c4ccccc4)c4ccccc4)n3)oc12. The number of amides is 2. The Hall–Kier alpha value is -4.10. The summed E-state index contributed by atoms with van der Waals surface area (Å²) in [5, 5.41) is 9.21. The van der Waals surface area contributed by atoms with Gasteiger partial charge in [0.05, 0.1) is 12.6 Å². The lowest BCUT2D eigenvalue weighted by molar-refractivity contribution is 0.250. The van der Waals surface area contributed by atoms with Gasteiger partial charge in [0.1, 0.15) is 5.69 Å². The Morgan fingerprint density at radius 2 is 1.71 bits per heavy atom. The molecule has 6 nitrogen and oxygen atoms in total. The molecule has 34 heavy (non-hydrogen) atoms. The second-order valence-corrected chi connectivity index (χ2v) is 8.47.